The number of nitrogens with zero attached hydrogens (tertiary/aromatic N) is 3. The zero-order valence-corrected chi connectivity index (χ0v) is 17.5. The number of hydrogen-bond acceptors (Lipinski definition) is 6. The molecule has 0 saturated carbocycles. The summed E-state index contributed by atoms with van der Waals surface area (Å²) < 4.78 is 39.9. The molecule has 1 aromatic heterocycles. The Morgan fingerprint density at radius 2 is 1.83 bits per heavy atom. The summed E-state index contributed by atoms with van der Waals surface area (Å²) in [5.41, 5.74) is 0.476. The predicted molar refractivity (Wildman–Crippen MR) is 113 cm³/mol. The minimum Gasteiger partial charge on any atom is -0.325 e. The van der Waals surface area contributed by atoms with Gasteiger partial charge in [-0.3, -0.25) is 4.79 Å². The van der Waals surface area contributed by atoms with E-state index >= 15 is 0 Å². The lowest BCUT2D eigenvalue weighted by atomic mass is 10.3. The van der Waals surface area contributed by atoms with Gasteiger partial charge in [-0.15, -0.1) is 16.8 Å². The fraction of sp³-hybridized carbons (Fsp3) is 0.150. The van der Waals surface area contributed by atoms with Gasteiger partial charge >= 0.3 is 0 Å². The minimum atomic E-state index is -3.59. The van der Waals surface area contributed by atoms with E-state index < -0.39 is 15.7 Å². The number of nitrogens with one attached hydrogen (secondary N) is 1. The van der Waals surface area contributed by atoms with Crippen LogP contribution in [0.3, 0.4) is 0 Å². The molecule has 0 aliphatic rings. The highest BCUT2D eigenvalue weighted by Crippen LogP contribution is 2.21. The molecule has 0 fully saturated rings. The fourth-order valence-corrected chi connectivity index (χ4v) is 4.65. The topological polar surface area (TPSA) is 93.9 Å². The number of carbonyl (C=O) groups excluding carboxylic acids is 1. The van der Waals surface area contributed by atoms with E-state index in [1.54, 1.807) is 28.8 Å². The molecule has 1 N–H and O–H groups in total. The number of allylic oxidation sites excluding steroid dienone is 1. The highest BCUT2D eigenvalue weighted by atomic mass is 32.2. The number of amides is 1. The molecule has 3 rings (SSSR count). The number of benzene rings is 2. The van der Waals surface area contributed by atoms with Crippen LogP contribution in [-0.2, 0) is 26.9 Å². The molecular weight excluding hydrogens is 427 g/mol. The number of hydrogen-bond donors (Lipinski definition) is 1. The molecule has 30 heavy (non-hydrogen) atoms. The number of rotatable bonds is 9. The summed E-state index contributed by atoms with van der Waals surface area (Å²) in [5.74, 6) is -0.727. The molecule has 7 nitrogen and oxygen atoms in total. The fourth-order valence-electron chi connectivity index (χ4n) is 2.59. The molecule has 0 radical (unpaired) electrons. The van der Waals surface area contributed by atoms with E-state index in [9.17, 15) is 17.6 Å². The standard InChI is InChI=1S/C20H19FN4O3S2/c1-2-12-25-18(14-30(27,28)17-6-4-3-5-7-17)23-24-20(25)29-13-19(26)22-16-10-8-15(21)9-11-16/h2-11H,1,12-14H2,(H,22,26). The third kappa shape index (κ3) is 5.55. The van der Waals surface area contributed by atoms with Crippen LogP contribution in [0.25, 0.3) is 0 Å². The largest absolute Gasteiger partial charge is 0.325 e. The summed E-state index contributed by atoms with van der Waals surface area (Å²) in [6.07, 6.45) is 1.60. The lowest BCUT2D eigenvalue weighted by molar-refractivity contribution is -0.113. The summed E-state index contributed by atoms with van der Waals surface area (Å²) >= 11 is 1.12. The zero-order chi connectivity index (χ0) is 21.6. The van der Waals surface area contributed by atoms with Crippen molar-refractivity contribution in [3.63, 3.8) is 0 Å². The van der Waals surface area contributed by atoms with Crippen LogP contribution in [0.4, 0.5) is 10.1 Å². The SMILES string of the molecule is C=CCn1c(CS(=O)(=O)c2ccccc2)nnc1SCC(=O)Nc1ccc(F)cc1. The summed E-state index contributed by atoms with van der Waals surface area (Å²) in [4.78, 5) is 12.4. The number of anilines is 1. The number of aromatic nitrogens is 3. The Labute approximate surface area is 177 Å². The lowest BCUT2D eigenvalue weighted by Crippen LogP contribution is -2.15. The van der Waals surface area contributed by atoms with Crippen molar-refractivity contribution in [2.24, 2.45) is 0 Å². The molecule has 0 unspecified atom stereocenters. The van der Waals surface area contributed by atoms with Gasteiger partial charge in [0.05, 0.1) is 10.6 Å². The van der Waals surface area contributed by atoms with Gasteiger partial charge in [0, 0.05) is 12.2 Å². The van der Waals surface area contributed by atoms with Crippen molar-refractivity contribution in [3.8, 4) is 0 Å². The van der Waals surface area contributed by atoms with E-state index in [1.165, 1.54) is 36.4 Å². The molecule has 1 amide bonds. The molecule has 3 aromatic rings. The van der Waals surface area contributed by atoms with Gasteiger partial charge in [0.2, 0.25) is 5.91 Å². The molecule has 0 bridgehead atoms. The molecule has 0 aliphatic carbocycles. The lowest BCUT2D eigenvalue weighted by Gasteiger charge is -2.09. The summed E-state index contributed by atoms with van der Waals surface area (Å²) in [6.45, 7) is 3.99. The van der Waals surface area contributed by atoms with Crippen LogP contribution in [0.15, 0.2) is 77.3 Å². The molecule has 2 aromatic carbocycles. The average Bonchev–Trinajstić information content (AvgIpc) is 3.10. The van der Waals surface area contributed by atoms with Gasteiger partial charge in [-0.05, 0) is 36.4 Å². The van der Waals surface area contributed by atoms with Crippen LogP contribution in [0.5, 0.6) is 0 Å². The van der Waals surface area contributed by atoms with Crippen molar-refractivity contribution in [2.45, 2.75) is 22.3 Å². The number of thioether (sulfide) groups is 1. The molecule has 156 valence electrons. The number of halogens is 1. The maximum Gasteiger partial charge on any atom is 0.234 e. The van der Waals surface area contributed by atoms with Crippen molar-refractivity contribution in [1.82, 2.24) is 14.8 Å². The van der Waals surface area contributed by atoms with Gasteiger partial charge in [-0.1, -0.05) is 36.0 Å². The van der Waals surface area contributed by atoms with Crippen LogP contribution < -0.4 is 5.32 Å². The van der Waals surface area contributed by atoms with Crippen LogP contribution in [0, 0.1) is 5.82 Å². The summed E-state index contributed by atoms with van der Waals surface area (Å²) in [5, 5.41) is 11.1. The van der Waals surface area contributed by atoms with E-state index in [0.717, 1.165) is 11.8 Å². The third-order valence-corrected chi connectivity index (χ3v) is 6.58. The van der Waals surface area contributed by atoms with Crippen LogP contribution in [0.2, 0.25) is 0 Å². The summed E-state index contributed by atoms with van der Waals surface area (Å²) in [6, 6.07) is 13.5. The molecule has 0 spiro atoms. The second-order valence-electron chi connectivity index (χ2n) is 6.21. The number of sulfone groups is 1. The van der Waals surface area contributed by atoms with Gasteiger partial charge in [-0.25, -0.2) is 12.8 Å². The van der Waals surface area contributed by atoms with Crippen molar-refractivity contribution in [1.29, 1.82) is 0 Å². The molecule has 10 heteroatoms. The zero-order valence-electron chi connectivity index (χ0n) is 15.9. The monoisotopic (exact) mass is 446 g/mol. The predicted octanol–water partition coefficient (Wildman–Crippen LogP) is 3.31. The normalized spacial score (nSPS) is 11.2. The maximum atomic E-state index is 13.0. The molecule has 1 heterocycles. The van der Waals surface area contributed by atoms with Crippen molar-refractivity contribution >= 4 is 33.2 Å². The van der Waals surface area contributed by atoms with E-state index in [4.69, 9.17) is 0 Å². The van der Waals surface area contributed by atoms with Crippen molar-refractivity contribution in [2.75, 3.05) is 11.1 Å². The maximum absolute atomic E-state index is 13.0. The Balaban J connectivity index is 1.70. The van der Waals surface area contributed by atoms with Crippen LogP contribution >= 0.6 is 11.8 Å². The minimum absolute atomic E-state index is 0.0259. The Bertz CT molecular complexity index is 1130. The first-order chi connectivity index (χ1) is 14.4. The Kier molecular flexibility index (Phi) is 7.01. The highest BCUT2D eigenvalue weighted by Gasteiger charge is 2.21. The third-order valence-electron chi connectivity index (χ3n) is 3.99. The van der Waals surface area contributed by atoms with Crippen LogP contribution in [0.1, 0.15) is 5.82 Å². The first kappa shape index (κ1) is 21.7. The second kappa shape index (κ2) is 9.68. The molecule has 0 atom stereocenters. The van der Waals surface area contributed by atoms with Crippen LogP contribution in [-0.4, -0.2) is 34.8 Å². The van der Waals surface area contributed by atoms with Gasteiger partial charge in [0.15, 0.2) is 15.0 Å². The van der Waals surface area contributed by atoms with E-state index in [-0.39, 0.29) is 28.1 Å². The van der Waals surface area contributed by atoms with E-state index in [1.807, 2.05) is 0 Å². The van der Waals surface area contributed by atoms with Gasteiger partial charge < -0.3 is 9.88 Å². The Morgan fingerprint density at radius 3 is 2.50 bits per heavy atom. The van der Waals surface area contributed by atoms with Crippen molar-refractivity contribution < 1.29 is 17.6 Å². The first-order valence-electron chi connectivity index (χ1n) is 8.88. The van der Waals surface area contributed by atoms with E-state index in [2.05, 4.69) is 22.1 Å². The smallest absolute Gasteiger partial charge is 0.234 e. The Morgan fingerprint density at radius 1 is 1.13 bits per heavy atom. The van der Waals surface area contributed by atoms with Gasteiger partial charge in [0.25, 0.3) is 0 Å². The Hall–Kier alpha value is -2.98. The second-order valence-corrected chi connectivity index (χ2v) is 9.15. The highest BCUT2D eigenvalue weighted by molar-refractivity contribution is 7.99. The first-order valence-corrected chi connectivity index (χ1v) is 11.5. The van der Waals surface area contributed by atoms with Crippen molar-refractivity contribution in [3.05, 3.63) is 78.9 Å². The quantitative estimate of drug-likeness (QED) is 0.400. The molecule has 0 saturated heterocycles. The van der Waals surface area contributed by atoms with Gasteiger partial charge in [0.1, 0.15) is 17.4 Å². The molecule has 0 aliphatic heterocycles. The van der Waals surface area contributed by atoms with Gasteiger partial charge in [-0.2, -0.15) is 0 Å². The molecular formula is C20H19FN4O3S2. The van der Waals surface area contributed by atoms with E-state index in [0.29, 0.717) is 17.4 Å². The average molecular weight is 447 g/mol. The summed E-state index contributed by atoms with van der Waals surface area (Å²) in [7, 11) is -3.59. The number of carbonyl (C=O) groups is 1.